The number of halogens is 1. The van der Waals surface area contributed by atoms with E-state index < -0.39 is 5.60 Å². The summed E-state index contributed by atoms with van der Waals surface area (Å²) in [6, 6.07) is 1.94. The summed E-state index contributed by atoms with van der Waals surface area (Å²) >= 11 is 6.16. The highest BCUT2D eigenvalue weighted by molar-refractivity contribution is 6.33. The molecular weight excluding hydrogens is 406 g/mol. The normalized spacial score (nSPS) is 25.1. The topological polar surface area (TPSA) is 81.5 Å². The van der Waals surface area contributed by atoms with Crippen LogP contribution in [0.3, 0.4) is 0 Å². The second-order valence-corrected chi connectivity index (χ2v) is 9.57. The zero-order valence-corrected chi connectivity index (χ0v) is 18.6. The van der Waals surface area contributed by atoms with Crippen LogP contribution in [0.15, 0.2) is 18.6 Å². The summed E-state index contributed by atoms with van der Waals surface area (Å²) in [7, 11) is 0. The largest absolute Gasteiger partial charge is 0.444 e. The molecule has 1 N–H and O–H groups in total. The van der Waals surface area contributed by atoms with Gasteiger partial charge in [0.25, 0.3) is 0 Å². The van der Waals surface area contributed by atoms with Gasteiger partial charge < -0.3 is 24.3 Å². The highest BCUT2D eigenvalue weighted by atomic mass is 35.5. The van der Waals surface area contributed by atoms with Crippen LogP contribution in [0, 0.1) is 5.92 Å². The molecule has 0 saturated carbocycles. The summed E-state index contributed by atoms with van der Waals surface area (Å²) < 4.78 is 13.7. The van der Waals surface area contributed by atoms with Gasteiger partial charge in [-0.2, -0.15) is 0 Å². The lowest BCUT2D eigenvalue weighted by atomic mass is 10.1. The fraction of sp³-hybridized carbons (Fsp3) is 0.667. The quantitative estimate of drug-likeness (QED) is 0.722. The van der Waals surface area contributed by atoms with Gasteiger partial charge in [-0.15, -0.1) is 0 Å². The van der Waals surface area contributed by atoms with E-state index in [-0.39, 0.29) is 18.4 Å². The van der Waals surface area contributed by atoms with Crippen molar-refractivity contribution < 1.29 is 14.3 Å². The summed E-state index contributed by atoms with van der Waals surface area (Å²) in [5.41, 5.74) is 0.347. The molecule has 4 rings (SSSR count). The lowest BCUT2D eigenvalue weighted by molar-refractivity contribution is -0.00890. The van der Waals surface area contributed by atoms with E-state index >= 15 is 0 Å². The number of likely N-dealkylation sites (tertiary alicyclic amines) is 1. The maximum atomic E-state index is 11.9. The first-order valence-corrected chi connectivity index (χ1v) is 11.0. The predicted octanol–water partition coefficient (Wildman–Crippen LogP) is 3.61. The zero-order chi connectivity index (χ0) is 21.3. The second-order valence-electron chi connectivity index (χ2n) is 9.21. The average molecular weight is 436 g/mol. The van der Waals surface area contributed by atoms with Gasteiger partial charge in [0.15, 0.2) is 0 Å². The Bertz CT molecular complexity index is 896. The maximum absolute atomic E-state index is 11.9. The molecule has 0 spiro atoms. The van der Waals surface area contributed by atoms with Gasteiger partial charge in [0.05, 0.1) is 11.5 Å². The van der Waals surface area contributed by atoms with Crippen LogP contribution in [0.4, 0.5) is 4.79 Å². The smallest absolute Gasteiger partial charge is 0.407 e. The van der Waals surface area contributed by atoms with Crippen LogP contribution in [-0.2, 0) is 9.47 Å². The summed E-state index contributed by atoms with van der Waals surface area (Å²) in [4.78, 5) is 22.7. The fourth-order valence-electron chi connectivity index (χ4n) is 4.27. The summed E-state index contributed by atoms with van der Waals surface area (Å²) in [5, 5.41) is 4.22. The number of nitrogens with zero attached hydrogens (tertiary/aromatic N) is 4. The molecular formula is C21H30ClN5O3. The van der Waals surface area contributed by atoms with Gasteiger partial charge in [-0.3, -0.25) is 0 Å². The average Bonchev–Trinajstić information content (AvgIpc) is 3.39. The number of hydrogen-bond donors (Lipinski definition) is 1. The number of carbonyl (C=O) groups is 1. The van der Waals surface area contributed by atoms with Crippen molar-refractivity contribution >= 4 is 28.7 Å². The van der Waals surface area contributed by atoms with Gasteiger partial charge >= 0.3 is 6.09 Å². The predicted molar refractivity (Wildman–Crippen MR) is 114 cm³/mol. The van der Waals surface area contributed by atoms with E-state index in [0.717, 1.165) is 49.9 Å². The molecule has 0 aliphatic carbocycles. The molecule has 0 aromatic carbocycles. The van der Waals surface area contributed by atoms with Crippen LogP contribution in [0.5, 0.6) is 0 Å². The summed E-state index contributed by atoms with van der Waals surface area (Å²) in [6.07, 6.45) is 6.34. The number of rotatable bonds is 5. The lowest BCUT2D eigenvalue weighted by Gasteiger charge is -2.22. The number of nitrogens with one attached hydrogen (secondary N) is 1. The van der Waals surface area contributed by atoms with Crippen LogP contribution in [0.1, 0.15) is 46.3 Å². The van der Waals surface area contributed by atoms with E-state index in [0.29, 0.717) is 17.6 Å². The number of alkyl carbamates (subject to hydrolysis) is 1. The third-order valence-corrected chi connectivity index (χ3v) is 5.92. The third-order valence-electron chi connectivity index (χ3n) is 5.62. The number of ether oxygens (including phenoxy) is 2. The van der Waals surface area contributed by atoms with Crippen molar-refractivity contribution in [1.82, 2.24) is 24.8 Å². The monoisotopic (exact) mass is 435 g/mol. The van der Waals surface area contributed by atoms with E-state index in [1.165, 1.54) is 6.33 Å². The molecule has 0 radical (unpaired) electrons. The van der Waals surface area contributed by atoms with Crippen LogP contribution in [0.2, 0.25) is 5.15 Å². The molecule has 30 heavy (non-hydrogen) atoms. The summed E-state index contributed by atoms with van der Waals surface area (Å²) in [5.74, 6) is 0.446. The van der Waals surface area contributed by atoms with Crippen LogP contribution in [0.25, 0.3) is 11.0 Å². The Labute approximate surface area is 181 Å². The highest BCUT2D eigenvalue weighted by Crippen LogP contribution is 2.33. The second kappa shape index (κ2) is 8.69. The van der Waals surface area contributed by atoms with Gasteiger partial charge in [0, 0.05) is 25.8 Å². The minimum atomic E-state index is -0.468. The van der Waals surface area contributed by atoms with Gasteiger partial charge in [0.1, 0.15) is 29.0 Å². The molecule has 2 aliphatic rings. The molecule has 3 atom stereocenters. The zero-order valence-electron chi connectivity index (χ0n) is 17.8. The highest BCUT2D eigenvalue weighted by Gasteiger charge is 2.32. The molecule has 8 nitrogen and oxygen atoms in total. The lowest BCUT2D eigenvalue weighted by Crippen LogP contribution is -2.36. The van der Waals surface area contributed by atoms with E-state index in [2.05, 4.69) is 24.8 Å². The van der Waals surface area contributed by atoms with Gasteiger partial charge in [0.2, 0.25) is 0 Å². The molecule has 2 fully saturated rings. The van der Waals surface area contributed by atoms with Crippen LogP contribution in [-0.4, -0.2) is 63.4 Å². The Hall–Kier alpha value is -1.90. The first kappa shape index (κ1) is 21.3. The van der Waals surface area contributed by atoms with Gasteiger partial charge in [-0.25, -0.2) is 14.8 Å². The first-order chi connectivity index (χ1) is 14.3. The molecule has 9 heteroatoms. The van der Waals surface area contributed by atoms with E-state index in [1.807, 2.05) is 33.0 Å². The number of amides is 1. The van der Waals surface area contributed by atoms with E-state index in [1.54, 1.807) is 0 Å². The molecule has 3 unspecified atom stereocenters. The Balaban J connectivity index is 1.24. The molecule has 4 heterocycles. The Morgan fingerprint density at radius 3 is 2.97 bits per heavy atom. The van der Waals surface area contributed by atoms with Crippen molar-refractivity contribution in [2.75, 3.05) is 26.2 Å². The van der Waals surface area contributed by atoms with Gasteiger partial charge in [-0.1, -0.05) is 11.6 Å². The molecule has 2 aliphatic heterocycles. The van der Waals surface area contributed by atoms with Crippen molar-refractivity contribution in [3.05, 3.63) is 23.7 Å². The van der Waals surface area contributed by atoms with Crippen LogP contribution >= 0.6 is 11.6 Å². The third kappa shape index (κ3) is 5.04. The fourth-order valence-corrected chi connectivity index (χ4v) is 4.46. The Morgan fingerprint density at radius 2 is 2.17 bits per heavy atom. The molecule has 164 valence electrons. The maximum Gasteiger partial charge on any atom is 0.407 e. The molecule has 0 bridgehead atoms. The van der Waals surface area contributed by atoms with E-state index in [4.69, 9.17) is 21.1 Å². The number of aromatic nitrogens is 3. The minimum absolute atomic E-state index is 0.0225. The molecule has 2 aromatic rings. The standard InChI is InChI=1S/C21H30ClN5O3/c1-21(2,3)30-20(28)23-10-14-6-8-26(11-14)12-15-4-5-17(29-15)27-9-7-16-18(22)24-13-25-19(16)27/h7,9,13-15,17H,4-6,8,10-12H2,1-3H3,(H,23,28). The van der Waals surface area contributed by atoms with E-state index in [9.17, 15) is 4.79 Å². The molecule has 2 saturated heterocycles. The van der Waals surface area contributed by atoms with Crippen LogP contribution < -0.4 is 5.32 Å². The number of fused-ring (bicyclic) bond motifs is 1. The van der Waals surface area contributed by atoms with Crippen molar-refractivity contribution in [1.29, 1.82) is 0 Å². The molecule has 1 amide bonds. The van der Waals surface area contributed by atoms with Crippen molar-refractivity contribution in [2.45, 2.75) is 58.0 Å². The number of hydrogen-bond acceptors (Lipinski definition) is 6. The van der Waals surface area contributed by atoms with Gasteiger partial charge in [-0.05, 0) is 58.6 Å². The first-order valence-electron chi connectivity index (χ1n) is 10.6. The minimum Gasteiger partial charge on any atom is -0.444 e. The SMILES string of the molecule is CC(C)(C)OC(=O)NCC1CCN(CC2CCC(n3ccc4c(Cl)ncnc43)O2)C1. The van der Waals surface area contributed by atoms with Crippen molar-refractivity contribution in [3.8, 4) is 0 Å². The summed E-state index contributed by atoms with van der Waals surface area (Å²) in [6.45, 7) is 9.17. The Morgan fingerprint density at radius 1 is 1.33 bits per heavy atom. The molecule has 2 aromatic heterocycles. The Kier molecular flexibility index (Phi) is 6.18. The number of carbonyl (C=O) groups excluding carboxylic acids is 1. The van der Waals surface area contributed by atoms with Crippen molar-refractivity contribution in [2.24, 2.45) is 5.92 Å². The van der Waals surface area contributed by atoms with Crippen molar-refractivity contribution in [3.63, 3.8) is 0 Å².